The van der Waals surface area contributed by atoms with Crippen molar-refractivity contribution in [2.75, 3.05) is 20.6 Å². The van der Waals surface area contributed by atoms with Crippen molar-refractivity contribution in [1.29, 1.82) is 0 Å². The van der Waals surface area contributed by atoms with Crippen molar-refractivity contribution in [2.24, 2.45) is 5.92 Å². The molecule has 0 aromatic heterocycles. The summed E-state index contributed by atoms with van der Waals surface area (Å²) in [5.41, 5.74) is 1.14. The average molecular weight is 438 g/mol. The van der Waals surface area contributed by atoms with Crippen LogP contribution in [0.5, 0.6) is 0 Å². The van der Waals surface area contributed by atoms with Crippen molar-refractivity contribution >= 4 is 30.0 Å². The molecule has 0 aliphatic rings. The average Bonchev–Trinajstić information content (AvgIpc) is 2.73. The number of hydrogen-bond donors (Lipinski definition) is 2. The molecule has 8 heteroatoms. The summed E-state index contributed by atoms with van der Waals surface area (Å²) in [5, 5.41) is 13.0. The summed E-state index contributed by atoms with van der Waals surface area (Å²) in [6, 6.07) is 9.21. The zero-order valence-corrected chi connectivity index (χ0v) is 19.4. The van der Waals surface area contributed by atoms with Gasteiger partial charge >= 0.3 is 0 Å². The lowest BCUT2D eigenvalue weighted by atomic mass is 9.97. The number of benzene rings is 1. The van der Waals surface area contributed by atoms with Gasteiger partial charge in [-0.25, -0.2) is 5.06 Å². The minimum Gasteiger partial charge on any atom is -0.347 e. The van der Waals surface area contributed by atoms with Gasteiger partial charge in [-0.3, -0.25) is 19.6 Å². The van der Waals surface area contributed by atoms with Crippen LogP contribution in [0.3, 0.4) is 0 Å². The Bertz CT molecular complexity index is 682. The number of rotatable bonds is 13. The van der Waals surface area contributed by atoms with E-state index in [1.54, 1.807) is 25.9 Å². The largest absolute Gasteiger partial charge is 0.347 e. The third-order valence-electron chi connectivity index (χ3n) is 4.93. The fourth-order valence-electron chi connectivity index (χ4n) is 3.00. The lowest BCUT2D eigenvalue weighted by Gasteiger charge is -2.36. The van der Waals surface area contributed by atoms with Gasteiger partial charge in [0.15, 0.2) is 0 Å². The molecule has 2 unspecified atom stereocenters. The molecule has 3 amide bonds. The van der Waals surface area contributed by atoms with Crippen LogP contribution in [0.1, 0.15) is 45.6 Å². The fraction of sp³-hybridized carbons (Fsp3) is 0.591. The molecule has 0 radical (unpaired) electrons. The van der Waals surface area contributed by atoms with Crippen LogP contribution in [0.2, 0.25) is 0 Å². The molecule has 2 atom stereocenters. The molecule has 0 heterocycles. The van der Waals surface area contributed by atoms with Crippen LogP contribution >= 0.6 is 11.8 Å². The van der Waals surface area contributed by atoms with Gasteiger partial charge in [-0.1, -0.05) is 50.1 Å². The number of nitrogens with zero attached hydrogens (tertiary/aromatic N) is 2. The predicted octanol–water partition coefficient (Wildman–Crippen LogP) is 2.93. The number of hydrogen-bond acceptors (Lipinski definition) is 5. The van der Waals surface area contributed by atoms with E-state index in [0.717, 1.165) is 18.4 Å². The Balaban J connectivity index is 3.00. The highest BCUT2D eigenvalue weighted by Crippen LogP contribution is 2.32. The predicted molar refractivity (Wildman–Crippen MR) is 120 cm³/mol. The summed E-state index contributed by atoms with van der Waals surface area (Å²) < 4.78 is -0.578. The van der Waals surface area contributed by atoms with Gasteiger partial charge in [-0.2, -0.15) is 0 Å². The van der Waals surface area contributed by atoms with Gasteiger partial charge in [-0.15, -0.1) is 11.8 Å². The Morgan fingerprint density at radius 1 is 1.23 bits per heavy atom. The number of carbonyl (C=O) groups excluding carboxylic acids is 3. The first-order valence-corrected chi connectivity index (χ1v) is 11.2. The summed E-state index contributed by atoms with van der Waals surface area (Å²) in [5.74, 6) is -0.416. The Morgan fingerprint density at radius 3 is 2.40 bits per heavy atom. The van der Waals surface area contributed by atoms with E-state index in [4.69, 9.17) is 0 Å². The number of hydroxylamine groups is 2. The van der Waals surface area contributed by atoms with E-state index in [9.17, 15) is 19.6 Å². The molecular weight excluding hydrogens is 402 g/mol. The van der Waals surface area contributed by atoms with E-state index in [1.807, 2.05) is 51.1 Å². The van der Waals surface area contributed by atoms with Crippen molar-refractivity contribution in [3.63, 3.8) is 0 Å². The summed E-state index contributed by atoms with van der Waals surface area (Å²) in [6.07, 6.45) is 2.47. The summed E-state index contributed by atoms with van der Waals surface area (Å²) >= 11 is 1.60. The van der Waals surface area contributed by atoms with Gasteiger partial charge in [0, 0.05) is 24.6 Å². The molecule has 0 saturated heterocycles. The number of nitrogens with one attached hydrogen (secondary N) is 1. The number of likely N-dealkylation sites (N-methyl/N-ethyl adjacent to an activating group) is 1. The molecule has 168 valence electrons. The quantitative estimate of drug-likeness (QED) is 0.281. The van der Waals surface area contributed by atoms with Crippen molar-refractivity contribution in [2.45, 2.75) is 56.6 Å². The molecule has 1 rings (SSSR count). The molecule has 0 fully saturated rings. The van der Waals surface area contributed by atoms with Crippen LogP contribution in [0.25, 0.3) is 0 Å². The van der Waals surface area contributed by atoms with Crippen LogP contribution in [-0.4, -0.2) is 64.8 Å². The lowest BCUT2D eigenvalue weighted by molar-refractivity contribution is -0.155. The third kappa shape index (κ3) is 8.36. The molecule has 0 saturated carbocycles. The number of thioether (sulfide) groups is 1. The summed E-state index contributed by atoms with van der Waals surface area (Å²) in [7, 11) is 3.33. The molecule has 0 spiro atoms. The second-order valence-electron chi connectivity index (χ2n) is 8.12. The maximum Gasteiger partial charge on any atom is 0.246 e. The van der Waals surface area contributed by atoms with E-state index < -0.39 is 16.7 Å². The van der Waals surface area contributed by atoms with Crippen molar-refractivity contribution in [1.82, 2.24) is 15.3 Å². The monoisotopic (exact) mass is 437 g/mol. The van der Waals surface area contributed by atoms with E-state index >= 15 is 0 Å². The molecule has 0 bridgehead atoms. The van der Waals surface area contributed by atoms with Gasteiger partial charge in [0.05, 0.1) is 12.5 Å². The van der Waals surface area contributed by atoms with Gasteiger partial charge in [0.1, 0.15) is 6.04 Å². The normalized spacial score (nSPS) is 13.3. The SMILES string of the molecule is CCCCC(CN(O)C=O)C(=O)NC(C(=O)N(C)C)C(C)(C)SCc1ccccc1. The highest BCUT2D eigenvalue weighted by molar-refractivity contribution is 7.99. The van der Waals surface area contributed by atoms with Crippen LogP contribution in [-0.2, 0) is 20.1 Å². The maximum absolute atomic E-state index is 13.0. The molecule has 0 aliphatic heterocycles. The highest BCUT2D eigenvalue weighted by atomic mass is 32.2. The van der Waals surface area contributed by atoms with Crippen LogP contribution in [0.4, 0.5) is 0 Å². The third-order valence-corrected chi connectivity index (χ3v) is 6.39. The van der Waals surface area contributed by atoms with Crippen molar-refractivity contribution < 1.29 is 19.6 Å². The van der Waals surface area contributed by atoms with Crippen molar-refractivity contribution in [3.05, 3.63) is 35.9 Å². The summed E-state index contributed by atoms with van der Waals surface area (Å²) in [4.78, 5) is 38.2. The van der Waals surface area contributed by atoms with Gasteiger partial charge in [-0.05, 0) is 25.8 Å². The zero-order valence-electron chi connectivity index (χ0n) is 18.6. The van der Waals surface area contributed by atoms with Gasteiger partial charge in [0.25, 0.3) is 0 Å². The first kappa shape index (κ1) is 26.0. The topological polar surface area (TPSA) is 90.0 Å². The van der Waals surface area contributed by atoms with E-state index in [1.165, 1.54) is 4.90 Å². The second-order valence-corrected chi connectivity index (χ2v) is 9.75. The number of unbranched alkanes of at least 4 members (excludes halogenated alkanes) is 1. The highest BCUT2D eigenvalue weighted by Gasteiger charge is 2.39. The fourth-order valence-corrected chi connectivity index (χ4v) is 4.06. The Kier molecular flexibility index (Phi) is 10.9. The molecule has 30 heavy (non-hydrogen) atoms. The smallest absolute Gasteiger partial charge is 0.246 e. The number of amides is 3. The molecule has 7 nitrogen and oxygen atoms in total. The van der Waals surface area contributed by atoms with E-state index in [-0.39, 0.29) is 24.8 Å². The molecular formula is C22H35N3O4S. The van der Waals surface area contributed by atoms with E-state index in [0.29, 0.717) is 17.2 Å². The second kappa shape index (κ2) is 12.6. The van der Waals surface area contributed by atoms with Crippen LogP contribution < -0.4 is 5.32 Å². The maximum atomic E-state index is 13.0. The van der Waals surface area contributed by atoms with Gasteiger partial charge in [0.2, 0.25) is 18.2 Å². The lowest BCUT2D eigenvalue weighted by Crippen LogP contribution is -2.57. The van der Waals surface area contributed by atoms with Crippen molar-refractivity contribution in [3.8, 4) is 0 Å². The Labute approximate surface area is 184 Å². The van der Waals surface area contributed by atoms with E-state index in [2.05, 4.69) is 5.32 Å². The Morgan fingerprint density at radius 2 is 1.87 bits per heavy atom. The minimum absolute atomic E-state index is 0.101. The van der Waals surface area contributed by atoms with Gasteiger partial charge < -0.3 is 10.2 Å². The first-order chi connectivity index (χ1) is 14.1. The standard InChI is InChI=1S/C22H35N3O4S/c1-6-7-13-18(14-25(29)16-26)20(27)23-19(21(28)24(4)5)22(2,3)30-15-17-11-9-8-10-12-17/h8-12,16,18-19,29H,6-7,13-15H2,1-5H3,(H,23,27). The molecule has 1 aromatic carbocycles. The molecule has 1 aromatic rings. The Hall–Kier alpha value is -2.06. The first-order valence-electron chi connectivity index (χ1n) is 10.2. The molecule has 0 aliphatic carbocycles. The van der Waals surface area contributed by atoms with Crippen LogP contribution in [0, 0.1) is 5.92 Å². The molecule has 2 N–H and O–H groups in total. The van der Waals surface area contributed by atoms with Crippen LogP contribution in [0.15, 0.2) is 30.3 Å². The minimum atomic E-state index is -0.749. The summed E-state index contributed by atoms with van der Waals surface area (Å²) in [6.45, 7) is 5.79. The number of carbonyl (C=O) groups is 3. The zero-order chi connectivity index (χ0) is 22.7.